The standard InChI is InChI=1S/C14H29N3/c1-4-14-11-16(12-14)6-5-15-7-9-17(10-8-15)13(2)3/h13-14H,4-12H2,1-3H3. The summed E-state index contributed by atoms with van der Waals surface area (Å²) in [5.74, 6) is 0.993. The van der Waals surface area contributed by atoms with Crippen molar-refractivity contribution in [2.75, 3.05) is 52.4 Å². The molecule has 3 heteroatoms. The molecule has 0 radical (unpaired) electrons. The van der Waals surface area contributed by atoms with Crippen LogP contribution in [0, 0.1) is 5.92 Å². The molecule has 0 atom stereocenters. The van der Waals surface area contributed by atoms with Gasteiger partial charge < -0.3 is 4.90 Å². The second-order valence-corrected chi connectivity index (χ2v) is 6.01. The van der Waals surface area contributed by atoms with Gasteiger partial charge in [-0.1, -0.05) is 13.3 Å². The molecule has 2 saturated heterocycles. The van der Waals surface area contributed by atoms with Gasteiger partial charge in [-0.05, 0) is 19.8 Å². The summed E-state index contributed by atoms with van der Waals surface area (Å²) in [7, 11) is 0. The maximum absolute atomic E-state index is 2.64. The van der Waals surface area contributed by atoms with E-state index in [1.807, 2.05) is 0 Å². The van der Waals surface area contributed by atoms with Crippen molar-refractivity contribution < 1.29 is 0 Å². The maximum Gasteiger partial charge on any atom is 0.0113 e. The molecule has 0 bridgehead atoms. The molecule has 2 aliphatic heterocycles. The van der Waals surface area contributed by atoms with Crippen LogP contribution < -0.4 is 0 Å². The summed E-state index contributed by atoms with van der Waals surface area (Å²) >= 11 is 0. The highest BCUT2D eigenvalue weighted by atomic mass is 15.3. The molecule has 2 fully saturated rings. The van der Waals surface area contributed by atoms with Gasteiger partial charge in [0, 0.05) is 58.4 Å². The van der Waals surface area contributed by atoms with Crippen LogP contribution in [-0.4, -0.2) is 73.1 Å². The molecule has 2 rings (SSSR count). The maximum atomic E-state index is 2.64. The number of nitrogens with zero attached hydrogens (tertiary/aromatic N) is 3. The fraction of sp³-hybridized carbons (Fsp3) is 1.00. The lowest BCUT2D eigenvalue weighted by molar-refractivity contribution is 0.0619. The highest BCUT2D eigenvalue weighted by molar-refractivity contribution is 4.80. The molecule has 0 aliphatic carbocycles. The first-order chi connectivity index (χ1) is 8.19. The Bertz CT molecular complexity index is 216. The molecule has 0 aromatic carbocycles. The third-order valence-electron chi connectivity index (χ3n) is 4.48. The Balaban J connectivity index is 1.56. The van der Waals surface area contributed by atoms with Crippen molar-refractivity contribution in [1.82, 2.24) is 14.7 Å². The van der Waals surface area contributed by atoms with Crippen molar-refractivity contribution in [2.45, 2.75) is 33.2 Å². The van der Waals surface area contributed by atoms with E-state index in [-0.39, 0.29) is 0 Å². The highest BCUT2D eigenvalue weighted by Crippen LogP contribution is 2.17. The molecule has 0 amide bonds. The molecule has 0 saturated carbocycles. The summed E-state index contributed by atoms with van der Waals surface area (Å²) in [6, 6.07) is 0.720. The van der Waals surface area contributed by atoms with Crippen LogP contribution in [0.3, 0.4) is 0 Å². The molecule has 17 heavy (non-hydrogen) atoms. The molecular weight excluding hydrogens is 210 g/mol. The Kier molecular flexibility index (Phi) is 4.83. The average Bonchev–Trinajstić information content (AvgIpc) is 2.28. The fourth-order valence-corrected chi connectivity index (χ4v) is 2.90. The van der Waals surface area contributed by atoms with Gasteiger partial charge in [0.25, 0.3) is 0 Å². The fourth-order valence-electron chi connectivity index (χ4n) is 2.90. The number of hydrogen-bond acceptors (Lipinski definition) is 3. The van der Waals surface area contributed by atoms with E-state index in [4.69, 9.17) is 0 Å². The van der Waals surface area contributed by atoms with Gasteiger partial charge in [0.05, 0.1) is 0 Å². The molecule has 0 N–H and O–H groups in total. The van der Waals surface area contributed by atoms with Gasteiger partial charge in [0.15, 0.2) is 0 Å². The zero-order valence-electron chi connectivity index (χ0n) is 11.9. The first-order valence-electron chi connectivity index (χ1n) is 7.37. The summed E-state index contributed by atoms with van der Waals surface area (Å²) in [6.45, 7) is 17.2. The number of hydrogen-bond donors (Lipinski definition) is 0. The van der Waals surface area contributed by atoms with Crippen molar-refractivity contribution in [3.63, 3.8) is 0 Å². The quantitative estimate of drug-likeness (QED) is 0.717. The molecule has 0 unspecified atom stereocenters. The van der Waals surface area contributed by atoms with E-state index >= 15 is 0 Å². The van der Waals surface area contributed by atoms with E-state index in [2.05, 4.69) is 35.5 Å². The second-order valence-electron chi connectivity index (χ2n) is 6.01. The second kappa shape index (κ2) is 6.17. The van der Waals surface area contributed by atoms with Gasteiger partial charge in [0.1, 0.15) is 0 Å². The Morgan fingerprint density at radius 2 is 1.53 bits per heavy atom. The van der Waals surface area contributed by atoms with E-state index in [1.54, 1.807) is 0 Å². The zero-order chi connectivity index (χ0) is 12.3. The van der Waals surface area contributed by atoms with Crippen LogP contribution >= 0.6 is 0 Å². The van der Waals surface area contributed by atoms with Gasteiger partial charge in [-0.2, -0.15) is 0 Å². The van der Waals surface area contributed by atoms with Gasteiger partial charge in [-0.25, -0.2) is 0 Å². The normalized spacial score (nSPS) is 25.4. The largest absolute Gasteiger partial charge is 0.301 e. The summed E-state index contributed by atoms with van der Waals surface area (Å²) in [4.78, 5) is 7.84. The molecular formula is C14H29N3. The van der Waals surface area contributed by atoms with E-state index in [9.17, 15) is 0 Å². The molecule has 2 aliphatic rings. The monoisotopic (exact) mass is 239 g/mol. The van der Waals surface area contributed by atoms with Gasteiger partial charge in [-0.15, -0.1) is 0 Å². The minimum absolute atomic E-state index is 0.720. The van der Waals surface area contributed by atoms with E-state index in [0.29, 0.717) is 0 Å². The summed E-state index contributed by atoms with van der Waals surface area (Å²) in [5.41, 5.74) is 0. The molecule has 3 nitrogen and oxygen atoms in total. The van der Waals surface area contributed by atoms with Crippen LogP contribution in [0.15, 0.2) is 0 Å². The topological polar surface area (TPSA) is 9.72 Å². The third kappa shape index (κ3) is 3.67. The Labute approximate surface area is 107 Å². The van der Waals surface area contributed by atoms with Crippen molar-refractivity contribution >= 4 is 0 Å². The lowest BCUT2D eigenvalue weighted by atomic mass is 9.97. The number of piperazine rings is 1. The first-order valence-corrected chi connectivity index (χ1v) is 7.37. The van der Waals surface area contributed by atoms with Crippen LogP contribution in [0.2, 0.25) is 0 Å². The van der Waals surface area contributed by atoms with Crippen LogP contribution in [-0.2, 0) is 0 Å². The smallest absolute Gasteiger partial charge is 0.0113 e. The minimum atomic E-state index is 0.720. The predicted molar refractivity (Wildman–Crippen MR) is 73.4 cm³/mol. The molecule has 100 valence electrons. The number of rotatable bonds is 5. The minimum Gasteiger partial charge on any atom is -0.301 e. The Morgan fingerprint density at radius 3 is 2.06 bits per heavy atom. The molecule has 0 aromatic rings. The Morgan fingerprint density at radius 1 is 0.941 bits per heavy atom. The molecule has 0 spiro atoms. The number of likely N-dealkylation sites (tertiary alicyclic amines) is 1. The predicted octanol–water partition coefficient (Wildman–Crippen LogP) is 1.35. The van der Waals surface area contributed by atoms with Gasteiger partial charge in [0.2, 0.25) is 0 Å². The Hall–Kier alpha value is -0.120. The van der Waals surface area contributed by atoms with E-state index < -0.39 is 0 Å². The SMILES string of the molecule is CCC1CN(CCN2CCN(C(C)C)CC2)C1. The lowest BCUT2D eigenvalue weighted by Gasteiger charge is -2.41. The van der Waals surface area contributed by atoms with Crippen LogP contribution in [0.4, 0.5) is 0 Å². The van der Waals surface area contributed by atoms with Crippen molar-refractivity contribution in [2.24, 2.45) is 5.92 Å². The summed E-state index contributed by atoms with van der Waals surface area (Å²) < 4.78 is 0. The van der Waals surface area contributed by atoms with E-state index in [0.717, 1.165) is 12.0 Å². The zero-order valence-corrected chi connectivity index (χ0v) is 11.9. The summed E-state index contributed by atoms with van der Waals surface area (Å²) in [6.07, 6.45) is 1.36. The van der Waals surface area contributed by atoms with Gasteiger partial charge >= 0.3 is 0 Å². The molecule has 0 aromatic heterocycles. The average molecular weight is 239 g/mol. The van der Waals surface area contributed by atoms with E-state index in [1.165, 1.54) is 58.8 Å². The van der Waals surface area contributed by atoms with Crippen molar-refractivity contribution in [3.05, 3.63) is 0 Å². The summed E-state index contributed by atoms with van der Waals surface area (Å²) in [5, 5.41) is 0. The van der Waals surface area contributed by atoms with Crippen LogP contribution in [0.25, 0.3) is 0 Å². The highest BCUT2D eigenvalue weighted by Gasteiger charge is 2.25. The lowest BCUT2D eigenvalue weighted by Crippen LogP contribution is -2.53. The van der Waals surface area contributed by atoms with Crippen molar-refractivity contribution in [3.8, 4) is 0 Å². The third-order valence-corrected chi connectivity index (χ3v) is 4.48. The van der Waals surface area contributed by atoms with Crippen LogP contribution in [0.5, 0.6) is 0 Å². The van der Waals surface area contributed by atoms with Crippen molar-refractivity contribution in [1.29, 1.82) is 0 Å². The van der Waals surface area contributed by atoms with Gasteiger partial charge in [-0.3, -0.25) is 9.80 Å². The van der Waals surface area contributed by atoms with Crippen LogP contribution in [0.1, 0.15) is 27.2 Å². The first kappa shape index (κ1) is 13.3. The molecule has 2 heterocycles.